The third kappa shape index (κ3) is 3.57. The Hall–Kier alpha value is -1.42. The van der Waals surface area contributed by atoms with E-state index in [1.807, 2.05) is 26.8 Å². The summed E-state index contributed by atoms with van der Waals surface area (Å²) in [6, 6.07) is 6.41. The molecule has 0 heterocycles. The molecule has 1 aliphatic carbocycles. The van der Waals surface area contributed by atoms with Gasteiger partial charge in [-0.1, -0.05) is 32.9 Å². The summed E-state index contributed by atoms with van der Waals surface area (Å²) in [4.78, 5) is 12.0. The Bertz CT molecular complexity index is 495. The van der Waals surface area contributed by atoms with Gasteiger partial charge in [0.25, 0.3) is 0 Å². The van der Waals surface area contributed by atoms with E-state index < -0.39 is 6.10 Å². The minimum absolute atomic E-state index is 0.0532. The van der Waals surface area contributed by atoms with E-state index in [0.717, 1.165) is 12.0 Å². The quantitative estimate of drug-likeness (QED) is 0.889. The Morgan fingerprint density at radius 2 is 2.20 bits per heavy atom. The molecule has 0 spiro atoms. The second-order valence-electron chi connectivity index (χ2n) is 6.63. The molecule has 0 bridgehead atoms. The van der Waals surface area contributed by atoms with Crippen molar-refractivity contribution in [2.75, 3.05) is 6.54 Å². The predicted octanol–water partition coefficient (Wildman–Crippen LogP) is 2.45. The van der Waals surface area contributed by atoms with Gasteiger partial charge in [0, 0.05) is 12.5 Å². The number of rotatable bonds is 4. The van der Waals surface area contributed by atoms with Crippen molar-refractivity contribution in [2.24, 2.45) is 11.3 Å². The second kappa shape index (κ2) is 5.52. The van der Waals surface area contributed by atoms with Crippen LogP contribution in [0.25, 0.3) is 0 Å². The summed E-state index contributed by atoms with van der Waals surface area (Å²) >= 11 is 0. The standard InChI is InChI=1S/C16H22FNO2/c1-16(2,3)14(19)9-18-15(20)13-8-12(13)10-5-4-6-11(17)7-10/h4-7,12-14,19H,8-9H2,1-3H3,(H,18,20). The van der Waals surface area contributed by atoms with Crippen LogP contribution in [-0.4, -0.2) is 23.7 Å². The summed E-state index contributed by atoms with van der Waals surface area (Å²) < 4.78 is 13.1. The number of aliphatic hydroxyl groups excluding tert-OH is 1. The van der Waals surface area contributed by atoms with E-state index in [1.54, 1.807) is 6.07 Å². The smallest absolute Gasteiger partial charge is 0.223 e. The van der Waals surface area contributed by atoms with E-state index in [9.17, 15) is 14.3 Å². The molecule has 1 aliphatic rings. The first kappa shape index (κ1) is 15.0. The van der Waals surface area contributed by atoms with Crippen LogP contribution in [0.15, 0.2) is 24.3 Å². The van der Waals surface area contributed by atoms with Gasteiger partial charge < -0.3 is 10.4 Å². The van der Waals surface area contributed by atoms with Gasteiger partial charge in [-0.3, -0.25) is 4.79 Å². The fraction of sp³-hybridized carbons (Fsp3) is 0.562. The van der Waals surface area contributed by atoms with Crippen LogP contribution >= 0.6 is 0 Å². The van der Waals surface area contributed by atoms with Crippen LogP contribution in [-0.2, 0) is 4.79 Å². The molecule has 2 N–H and O–H groups in total. The van der Waals surface area contributed by atoms with Crippen molar-refractivity contribution in [3.63, 3.8) is 0 Å². The van der Waals surface area contributed by atoms with Crippen molar-refractivity contribution in [3.8, 4) is 0 Å². The topological polar surface area (TPSA) is 49.3 Å². The lowest BCUT2D eigenvalue weighted by molar-refractivity contribution is -0.123. The molecule has 0 aromatic heterocycles. The molecule has 1 aromatic rings. The first-order valence-corrected chi connectivity index (χ1v) is 7.00. The van der Waals surface area contributed by atoms with Crippen LogP contribution in [0.3, 0.4) is 0 Å². The molecule has 1 aromatic carbocycles. The zero-order valence-corrected chi connectivity index (χ0v) is 12.2. The molecular formula is C16H22FNO2. The van der Waals surface area contributed by atoms with E-state index in [4.69, 9.17) is 0 Å². The van der Waals surface area contributed by atoms with Crippen LogP contribution < -0.4 is 5.32 Å². The number of benzene rings is 1. The monoisotopic (exact) mass is 279 g/mol. The van der Waals surface area contributed by atoms with Crippen molar-refractivity contribution < 1.29 is 14.3 Å². The van der Waals surface area contributed by atoms with Gasteiger partial charge in [0.05, 0.1) is 6.10 Å². The molecule has 20 heavy (non-hydrogen) atoms. The molecular weight excluding hydrogens is 257 g/mol. The average Bonchev–Trinajstić information content (AvgIpc) is 3.14. The largest absolute Gasteiger partial charge is 0.391 e. The fourth-order valence-corrected chi connectivity index (χ4v) is 2.22. The number of carbonyl (C=O) groups is 1. The summed E-state index contributed by atoms with van der Waals surface area (Å²) in [6.45, 7) is 6.04. The molecule has 1 saturated carbocycles. The van der Waals surface area contributed by atoms with Crippen LogP contribution in [0.2, 0.25) is 0 Å². The van der Waals surface area contributed by atoms with E-state index in [-0.39, 0.29) is 35.5 Å². The maximum Gasteiger partial charge on any atom is 0.223 e. The normalized spacial score (nSPS) is 23.2. The Balaban J connectivity index is 1.85. The molecule has 110 valence electrons. The van der Waals surface area contributed by atoms with Crippen LogP contribution in [0.1, 0.15) is 38.7 Å². The Morgan fingerprint density at radius 1 is 1.50 bits per heavy atom. The fourth-order valence-electron chi connectivity index (χ4n) is 2.22. The predicted molar refractivity (Wildman–Crippen MR) is 75.7 cm³/mol. The molecule has 1 amide bonds. The number of hydrogen-bond acceptors (Lipinski definition) is 2. The first-order valence-electron chi connectivity index (χ1n) is 7.00. The van der Waals surface area contributed by atoms with Crippen molar-refractivity contribution in [3.05, 3.63) is 35.6 Å². The minimum atomic E-state index is -0.571. The Kier molecular flexibility index (Phi) is 4.14. The summed E-state index contributed by atoms with van der Waals surface area (Å²) in [5, 5.41) is 12.7. The number of hydrogen-bond donors (Lipinski definition) is 2. The summed E-state index contributed by atoms with van der Waals surface area (Å²) in [5.74, 6) is -0.305. The van der Waals surface area contributed by atoms with E-state index in [1.165, 1.54) is 12.1 Å². The number of carbonyl (C=O) groups excluding carboxylic acids is 1. The van der Waals surface area contributed by atoms with E-state index in [0.29, 0.717) is 0 Å². The van der Waals surface area contributed by atoms with Crippen molar-refractivity contribution in [1.29, 1.82) is 0 Å². The zero-order valence-electron chi connectivity index (χ0n) is 12.2. The highest BCUT2D eigenvalue weighted by atomic mass is 19.1. The van der Waals surface area contributed by atoms with Crippen LogP contribution in [0, 0.1) is 17.2 Å². The highest BCUT2D eigenvalue weighted by Crippen LogP contribution is 2.47. The van der Waals surface area contributed by atoms with E-state index >= 15 is 0 Å². The zero-order chi connectivity index (χ0) is 14.9. The first-order chi connectivity index (χ1) is 9.29. The molecule has 3 atom stereocenters. The van der Waals surface area contributed by atoms with Crippen molar-refractivity contribution in [1.82, 2.24) is 5.32 Å². The van der Waals surface area contributed by atoms with Crippen molar-refractivity contribution >= 4 is 5.91 Å². The van der Waals surface area contributed by atoms with E-state index in [2.05, 4.69) is 5.32 Å². The SMILES string of the molecule is CC(C)(C)C(O)CNC(=O)C1CC1c1cccc(F)c1. The Morgan fingerprint density at radius 3 is 2.80 bits per heavy atom. The number of nitrogens with one attached hydrogen (secondary N) is 1. The molecule has 0 aliphatic heterocycles. The highest BCUT2D eigenvalue weighted by molar-refractivity contribution is 5.82. The third-order valence-electron chi connectivity index (χ3n) is 3.87. The highest BCUT2D eigenvalue weighted by Gasteiger charge is 2.44. The molecule has 0 saturated heterocycles. The average molecular weight is 279 g/mol. The maximum absolute atomic E-state index is 13.1. The van der Waals surface area contributed by atoms with Gasteiger partial charge >= 0.3 is 0 Å². The van der Waals surface area contributed by atoms with Crippen molar-refractivity contribution in [2.45, 2.75) is 39.2 Å². The summed E-state index contributed by atoms with van der Waals surface area (Å²) in [7, 11) is 0. The molecule has 4 heteroatoms. The lowest BCUT2D eigenvalue weighted by Gasteiger charge is -2.25. The molecule has 0 radical (unpaired) electrons. The summed E-state index contributed by atoms with van der Waals surface area (Å²) in [5.41, 5.74) is 0.625. The van der Waals surface area contributed by atoms with Gasteiger partial charge in [-0.05, 0) is 35.4 Å². The minimum Gasteiger partial charge on any atom is -0.391 e. The second-order valence-corrected chi connectivity index (χ2v) is 6.63. The van der Waals surface area contributed by atoms with Crippen LogP contribution in [0.4, 0.5) is 4.39 Å². The molecule has 1 fully saturated rings. The third-order valence-corrected chi connectivity index (χ3v) is 3.87. The van der Waals surface area contributed by atoms with Gasteiger partial charge in [0.15, 0.2) is 0 Å². The van der Waals surface area contributed by atoms with Gasteiger partial charge in [-0.15, -0.1) is 0 Å². The van der Waals surface area contributed by atoms with Gasteiger partial charge in [-0.25, -0.2) is 4.39 Å². The number of amides is 1. The molecule has 3 nitrogen and oxygen atoms in total. The maximum atomic E-state index is 13.1. The summed E-state index contributed by atoms with van der Waals surface area (Å²) in [6.07, 6.45) is 0.179. The molecule has 2 rings (SSSR count). The molecule has 3 unspecified atom stereocenters. The van der Waals surface area contributed by atoms with Crippen LogP contribution in [0.5, 0.6) is 0 Å². The Labute approximate surface area is 119 Å². The lowest BCUT2D eigenvalue weighted by atomic mass is 9.89. The number of halogens is 1. The van der Waals surface area contributed by atoms with Gasteiger partial charge in [0.2, 0.25) is 5.91 Å². The van der Waals surface area contributed by atoms with Gasteiger partial charge in [-0.2, -0.15) is 0 Å². The van der Waals surface area contributed by atoms with Gasteiger partial charge in [0.1, 0.15) is 5.82 Å². The number of aliphatic hydroxyl groups is 1. The lowest BCUT2D eigenvalue weighted by Crippen LogP contribution is -2.39.